The van der Waals surface area contributed by atoms with Crippen LogP contribution < -0.4 is 4.74 Å². The van der Waals surface area contributed by atoms with Gasteiger partial charge in [-0.2, -0.15) is 5.10 Å². The lowest BCUT2D eigenvalue weighted by Gasteiger charge is -2.40. The van der Waals surface area contributed by atoms with Crippen molar-refractivity contribution < 1.29 is 9.53 Å². The van der Waals surface area contributed by atoms with Crippen molar-refractivity contribution in [2.75, 3.05) is 13.1 Å². The van der Waals surface area contributed by atoms with Crippen molar-refractivity contribution in [3.05, 3.63) is 48.3 Å². The summed E-state index contributed by atoms with van der Waals surface area (Å²) < 4.78 is 7.78. The number of aromatic nitrogens is 2. The number of amides is 1. The minimum absolute atomic E-state index is 0.0850. The van der Waals surface area contributed by atoms with Crippen LogP contribution in [0.3, 0.4) is 0 Å². The van der Waals surface area contributed by atoms with Gasteiger partial charge in [0.1, 0.15) is 17.9 Å². The number of hydrogen-bond acceptors (Lipinski definition) is 3. The third-order valence-electron chi connectivity index (χ3n) is 4.32. The summed E-state index contributed by atoms with van der Waals surface area (Å²) in [5, 5.41) is 4.20. The summed E-state index contributed by atoms with van der Waals surface area (Å²) in [6.45, 7) is 5.42. The molecule has 1 aliphatic heterocycles. The average Bonchev–Trinajstić information content (AvgIpc) is 3.05. The molecule has 1 aromatic carbocycles. The number of hydrogen-bond donors (Lipinski definition) is 0. The molecule has 0 bridgehead atoms. The molecule has 1 saturated heterocycles. The van der Waals surface area contributed by atoms with Crippen LogP contribution in [0.15, 0.2) is 42.7 Å². The maximum atomic E-state index is 12.6. The van der Waals surface area contributed by atoms with Crippen LogP contribution in [0.4, 0.5) is 0 Å². The highest BCUT2D eigenvalue weighted by atomic mass is 16.5. The fourth-order valence-corrected chi connectivity index (χ4v) is 2.93. The normalized spacial score (nSPS) is 16.0. The molecule has 2 aromatic rings. The molecule has 0 radical (unpaired) electrons. The first-order chi connectivity index (χ1) is 11.2. The van der Waals surface area contributed by atoms with Crippen LogP contribution in [0.25, 0.3) is 0 Å². The fourth-order valence-electron chi connectivity index (χ4n) is 2.93. The largest absolute Gasteiger partial charge is 0.486 e. The smallest absolute Gasteiger partial charge is 0.247 e. The predicted octanol–water partition coefficient (Wildman–Crippen LogP) is 2.69. The van der Waals surface area contributed by atoms with Gasteiger partial charge in [-0.05, 0) is 30.5 Å². The molecule has 0 N–H and O–H groups in total. The van der Waals surface area contributed by atoms with Crippen molar-refractivity contribution in [1.82, 2.24) is 14.7 Å². The first-order valence-corrected chi connectivity index (χ1v) is 8.25. The standard InChI is InChI=1S/C18H23N3O2/c1-3-14-8-5-6-9-17(14)23-15-12-20(13-15)18(22)16(4-2)21-11-7-10-19-21/h5-11,15-16H,3-4,12-13H2,1-2H3/t16-/m1/s1. The Kier molecular flexibility index (Phi) is 4.65. The van der Waals surface area contributed by atoms with Gasteiger partial charge in [-0.25, -0.2) is 0 Å². The highest BCUT2D eigenvalue weighted by molar-refractivity contribution is 5.81. The molecule has 0 unspecified atom stereocenters. The van der Waals surface area contributed by atoms with E-state index in [9.17, 15) is 4.79 Å². The molecule has 1 fully saturated rings. The van der Waals surface area contributed by atoms with E-state index in [1.165, 1.54) is 5.56 Å². The minimum atomic E-state index is -0.214. The molecular weight excluding hydrogens is 290 g/mol. The Morgan fingerprint density at radius 3 is 2.74 bits per heavy atom. The van der Waals surface area contributed by atoms with E-state index < -0.39 is 0 Å². The van der Waals surface area contributed by atoms with E-state index in [1.807, 2.05) is 42.3 Å². The van der Waals surface area contributed by atoms with Gasteiger partial charge in [-0.1, -0.05) is 32.0 Å². The summed E-state index contributed by atoms with van der Waals surface area (Å²) in [6.07, 6.45) is 5.32. The van der Waals surface area contributed by atoms with E-state index in [1.54, 1.807) is 10.9 Å². The maximum absolute atomic E-state index is 12.6. The average molecular weight is 313 g/mol. The van der Waals surface area contributed by atoms with Crippen LogP contribution in [0.5, 0.6) is 5.75 Å². The Bertz CT molecular complexity index is 648. The van der Waals surface area contributed by atoms with E-state index in [0.29, 0.717) is 13.1 Å². The summed E-state index contributed by atoms with van der Waals surface area (Å²) in [5.41, 5.74) is 1.21. The summed E-state index contributed by atoms with van der Waals surface area (Å²) in [6, 6.07) is 9.73. The van der Waals surface area contributed by atoms with Crippen molar-refractivity contribution in [3.8, 4) is 5.75 Å². The van der Waals surface area contributed by atoms with E-state index in [4.69, 9.17) is 4.74 Å². The van der Waals surface area contributed by atoms with Gasteiger partial charge in [0, 0.05) is 12.4 Å². The van der Waals surface area contributed by atoms with E-state index in [-0.39, 0.29) is 18.1 Å². The Balaban J connectivity index is 1.57. The number of carbonyl (C=O) groups excluding carboxylic acids is 1. The van der Waals surface area contributed by atoms with Crippen molar-refractivity contribution >= 4 is 5.91 Å². The zero-order valence-electron chi connectivity index (χ0n) is 13.7. The molecule has 1 aromatic heterocycles. The molecule has 2 heterocycles. The zero-order valence-corrected chi connectivity index (χ0v) is 13.7. The van der Waals surface area contributed by atoms with Crippen LogP contribution in [-0.4, -0.2) is 39.8 Å². The molecule has 122 valence electrons. The van der Waals surface area contributed by atoms with Crippen molar-refractivity contribution in [2.45, 2.75) is 38.8 Å². The van der Waals surface area contributed by atoms with Gasteiger partial charge in [0.25, 0.3) is 0 Å². The molecule has 23 heavy (non-hydrogen) atoms. The molecule has 0 spiro atoms. The number of aryl methyl sites for hydroxylation is 1. The molecule has 1 atom stereocenters. The molecule has 0 saturated carbocycles. The molecule has 0 aliphatic carbocycles. The first kappa shape index (κ1) is 15.6. The van der Waals surface area contributed by atoms with Gasteiger partial charge < -0.3 is 9.64 Å². The Labute approximate surface area is 136 Å². The van der Waals surface area contributed by atoms with Crippen LogP contribution in [0.1, 0.15) is 31.9 Å². The predicted molar refractivity (Wildman–Crippen MR) is 88.4 cm³/mol. The van der Waals surface area contributed by atoms with E-state index in [2.05, 4.69) is 18.1 Å². The van der Waals surface area contributed by atoms with Gasteiger partial charge in [-0.15, -0.1) is 0 Å². The number of rotatable bonds is 6. The maximum Gasteiger partial charge on any atom is 0.247 e. The summed E-state index contributed by atoms with van der Waals surface area (Å²) >= 11 is 0. The molecule has 1 aliphatic rings. The number of ether oxygens (including phenoxy) is 1. The van der Waals surface area contributed by atoms with Crippen molar-refractivity contribution in [1.29, 1.82) is 0 Å². The Hall–Kier alpha value is -2.30. The number of likely N-dealkylation sites (tertiary alicyclic amines) is 1. The van der Waals surface area contributed by atoms with E-state index in [0.717, 1.165) is 18.6 Å². The number of benzene rings is 1. The Morgan fingerprint density at radius 2 is 2.09 bits per heavy atom. The second kappa shape index (κ2) is 6.86. The minimum Gasteiger partial charge on any atom is -0.486 e. The van der Waals surface area contributed by atoms with Crippen LogP contribution in [0, 0.1) is 0 Å². The van der Waals surface area contributed by atoms with Crippen LogP contribution in [0.2, 0.25) is 0 Å². The van der Waals surface area contributed by atoms with Crippen molar-refractivity contribution in [3.63, 3.8) is 0 Å². The lowest BCUT2D eigenvalue weighted by atomic mass is 10.1. The SMILES string of the molecule is CCc1ccccc1OC1CN(C(=O)[C@@H](CC)n2cccn2)C1. The molecule has 5 heteroatoms. The second-order valence-electron chi connectivity index (χ2n) is 5.85. The third kappa shape index (κ3) is 3.23. The number of nitrogens with zero attached hydrogens (tertiary/aromatic N) is 3. The van der Waals surface area contributed by atoms with Crippen LogP contribution in [-0.2, 0) is 11.2 Å². The highest BCUT2D eigenvalue weighted by Crippen LogP contribution is 2.25. The van der Waals surface area contributed by atoms with Gasteiger partial charge in [0.2, 0.25) is 5.91 Å². The van der Waals surface area contributed by atoms with Crippen LogP contribution >= 0.6 is 0 Å². The highest BCUT2D eigenvalue weighted by Gasteiger charge is 2.36. The third-order valence-corrected chi connectivity index (χ3v) is 4.32. The first-order valence-electron chi connectivity index (χ1n) is 8.25. The summed E-state index contributed by atoms with van der Waals surface area (Å²) in [7, 11) is 0. The number of para-hydroxylation sites is 1. The van der Waals surface area contributed by atoms with Gasteiger partial charge in [0.05, 0.1) is 13.1 Å². The van der Waals surface area contributed by atoms with Gasteiger partial charge >= 0.3 is 0 Å². The summed E-state index contributed by atoms with van der Waals surface area (Å²) in [5.74, 6) is 1.06. The fraction of sp³-hybridized carbons (Fsp3) is 0.444. The summed E-state index contributed by atoms with van der Waals surface area (Å²) in [4.78, 5) is 14.4. The monoisotopic (exact) mass is 313 g/mol. The van der Waals surface area contributed by atoms with Crippen molar-refractivity contribution in [2.24, 2.45) is 0 Å². The number of carbonyl (C=O) groups is 1. The molecule has 3 rings (SSSR count). The molecule has 1 amide bonds. The topological polar surface area (TPSA) is 47.4 Å². The lowest BCUT2D eigenvalue weighted by molar-refractivity contribution is -0.144. The zero-order chi connectivity index (χ0) is 16.2. The van der Waals surface area contributed by atoms with Gasteiger partial charge in [-0.3, -0.25) is 9.48 Å². The molecular formula is C18H23N3O2. The quantitative estimate of drug-likeness (QED) is 0.824. The Morgan fingerprint density at radius 1 is 1.30 bits per heavy atom. The van der Waals surface area contributed by atoms with Gasteiger partial charge in [0.15, 0.2) is 0 Å². The molecule has 5 nitrogen and oxygen atoms in total. The lowest BCUT2D eigenvalue weighted by Crippen LogP contribution is -2.57. The second-order valence-corrected chi connectivity index (χ2v) is 5.85. The van der Waals surface area contributed by atoms with E-state index >= 15 is 0 Å².